The molecule has 3 aromatic rings. The standard InChI is InChI=1S/C19H20F2N2/c1-3-23(2)11-10-15-14-6-4-5-7-18(14)22-19(15)16-9-8-13(20)12-17(16)21/h4-9,12,22H,3,10-11H2,1-2H3. The Morgan fingerprint density at radius 3 is 2.61 bits per heavy atom. The van der Waals surface area contributed by atoms with Crippen molar-refractivity contribution in [3.63, 3.8) is 0 Å². The van der Waals surface area contributed by atoms with Crippen LogP contribution in [0.2, 0.25) is 0 Å². The summed E-state index contributed by atoms with van der Waals surface area (Å²) in [4.78, 5) is 5.52. The Morgan fingerprint density at radius 1 is 1.09 bits per heavy atom. The molecule has 0 saturated heterocycles. The molecule has 0 saturated carbocycles. The van der Waals surface area contributed by atoms with Gasteiger partial charge in [-0.05, 0) is 43.8 Å². The summed E-state index contributed by atoms with van der Waals surface area (Å²) in [7, 11) is 2.06. The summed E-state index contributed by atoms with van der Waals surface area (Å²) in [6.45, 7) is 3.95. The maximum atomic E-state index is 14.2. The third-order valence-corrected chi connectivity index (χ3v) is 4.30. The molecule has 1 aromatic heterocycles. The maximum absolute atomic E-state index is 14.2. The second kappa shape index (κ2) is 6.50. The Bertz CT molecular complexity index is 823. The molecule has 0 spiro atoms. The summed E-state index contributed by atoms with van der Waals surface area (Å²) in [6.07, 6.45) is 0.806. The number of nitrogens with one attached hydrogen (secondary N) is 1. The largest absolute Gasteiger partial charge is 0.354 e. The van der Waals surface area contributed by atoms with E-state index in [9.17, 15) is 8.78 Å². The first kappa shape index (κ1) is 15.7. The molecule has 0 aliphatic heterocycles. The van der Waals surface area contributed by atoms with E-state index in [1.165, 1.54) is 12.1 Å². The first-order chi connectivity index (χ1) is 11.1. The summed E-state index contributed by atoms with van der Waals surface area (Å²) in [5, 5.41) is 1.09. The monoisotopic (exact) mass is 314 g/mol. The van der Waals surface area contributed by atoms with Crippen molar-refractivity contribution in [1.29, 1.82) is 0 Å². The number of fused-ring (bicyclic) bond motifs is 1. The Labute approximate surface area is 134 Å². The van der Waals surface area contributed by atoms with E-state index in [1.807, 2.05) is 24.3 Å². The molecule has 0 bridgehead atoms. The molecule has 0 unspecified atom stereocenters. The van der Waals surface area contributed by atoms with Gasteiger partial charge in [0.25, 0.3) is 0 Å². The molecule has 4 heteroatoms. The highest BCUT2D eigenvalue weighted by atomic mass is 19.1. The van der Waals surface area contributed by atoms with Gasteiger partial charge in [-0.1, -0.05) is 25.1 Å². The van der Waals surface area contributed by atoms with Gasteiger partial charge in [0.05, 0.1) is 5.69 Å². The first-order valence-electron chi connectivity index (χ1n) is 7.83. The van der Waals surface area contributed by atoms with Gasteiger partial charge in [-0.3, -0.25) is 0 Å². The van der Waals surface area contributed by atoms with Gasteiger partial charge in [-0.2, -0.15) is 0 Å². The molecule has 2 aromatic carbocycles. The highest BCUT2D eigenvalue weighted by molar-refractivity contribution is 5.90. The first-order valence-corrected chi connectivity index (χ1v) is 7.83. The second-order valence-corrected chi connectivity index (χ2v) is 5.79. The van der Waals surface area contributed by atoms with E-state index >= 15 is 0 Å². The van der Waals surface area contributed by atoms with Gasteiger partial charge in [-0.15, -0.1) is 0 Å². The van der Waals surface area contributed by atoms with Crippen molar-refractivity contribution in [1.82, 2.24) is 9.88 Å². The number of rotatable bonds is 5. The number of aromatic amines is 1. The molecule has 120 valence electrons. The number of hydrogen-bond acceptors (Lipinski definition) is 1. The van der Waals surface area contributed by atoms with E-state index < -0.39 is 11.6 Å². The summed E-state index contributed by atoms with van der Waals surface area (Å²) in [5.74, 6) is -1.10. The zero-order chi connectivity index (χ0) is 16.4. The number of hydrogen-bond donors (Lipinski definition) is 1. The van der Waals surface area contributed by atoms with E-state index in [0.717, 1.165) is 47.7 Å². The second-order valence-electron chi connectivity index (χ2n) is 5.79. The lowest BCUT2D eigenvalue weighted by Crippen LogP contribution is -2.20. The smallest absolute Gasteiger partial charge is 0.135 e. The lowest BCUT2D eigenvalue weighted by atomic mass is 10.0. The van der Waals surface area contributed by atoms with Crippen LogP contribution in [0.1, 0.15) is 12.5 Å². The molecule has 0 atom stereocenters. The Kier molecular flexibility index (Phi) is 4.44. The average molecular weight is 314 g/mol. The lowest BCUT2D eigenvalue weighted by Gasteiger charge is -2.14. The fraction of sp³-hybridized carbons (Fsp3) is 0.263. The molecule has 2 nitrogen and oxygen atoms in total. The van der Waals surface area contributed by atoms with E-state index in [2.05, 4.69) is 23.9 Å². The van der Waals surface area contributed by atoms with Gasteiger partial charge in [0.15, 0.2) is 0 Å². The maximum Gasteiger partial charge on any atom is 0.135 e. The van der Waals surface area contributed by atoms with E-state index in [1.54, 1.807) is 0 Å². The van der Waals surface area contributed by atoms with Gasteiger partial charge >= 0.3 is 0 Å². The molecule has 0 aliphatic rings. The van der Waals surface area contributed by atoms with Crippen LogP contribution in [0.15, 0.2) is 42.5 Å². The molecule has 0 radical (unpaired) electrons. The van der Waals surface area contributed by atoms with Crippen LogP contribution < -0.4 is 0 Å². The van der Waals surface area contributed by atoms with Crippen molar-refractivity contribution in [2.24, 2.45) is 0 Å². The van der Waals surface area contributed by atoms with Crippen LogP contribution in [0.25, 0.3) is 22.2 Å². The molecule has 0 fully saturated rings. The molecule has 0 amide bonds. The van der Waals surface area contributed by atoms with Gasteiger partial charge < -0.3 is 9.88 Å². The molecular weight excluding hydrogens is 294 g/mol. The van der Waals surface area contributed by atoms with Crippen molar-refractivity contribution >= 4 is 10.9 Å². The van der Waals surface area contributed by atoms with Crippen LogP contribution in [0.4, 0.5) is 8.78 Å². The average Bonchev–Trinajstić information content (AvgIpc) is 2.91. The number of H-pyrrole nitrogens is 1. The Morgan fingerprint density at radius 2 is 1.87 bits per heavy atom. The zero-order valence-electron chi connectivity index (χ0n) is 13.4. The van der Waals surface area contributed by atoms with Crippen molar-refractivity contribution < 1.29 is 8.78 Å². The quantitative estimate of drug-likeness (QED) is 0.729. The number of aromatic nitrogens is 1. The van der Waals surface area contributed by atoms with E-state index in [-0.39, 0.29) is 0 Å². The number of benzene rings is 2. The van der Waals surface area contributed by atoms with Crippen molar-refractivity contribution in [2.45, 2.75) is 13.3 Å². The fourth-order valence-corrected chi connectivity index (χ4v) is 2.84. The number of likely N-dealkylation sites (N-methyl/N-ethyl adjacent to an activating group) is 1. The minimum Gasteiger partial charge on any atom is -0.354 e. The molecule has 3 rings (SSSR count). The predicted molar refractivity (Wildman–Crippen MR) is 90.5 cm³/mol. The van der Waals surface area contributed by atoms with Crippen LogP contribution >= 0.6 is 0 Å². The van der Waals surface area contributed by atoms with Crippen LogP contribution in [-0.2, 0) is 6.42 Å². The van der Waals surface area contributed by atoms with Crippen LogP contribution in [0, 0.1) is 11.6 Å². The van der Waals surface area contributed by atoms with Crippen molar-refractivity contribution in [3.05, 3.63) is 59.7 Å². The van der Waals surface area contributed by atoms with Crippen LogP contribution in [-0.4, -0.2) is 30.0 Å². The van der Waals surface area contributed by atoms with Gasteiger partial charge in [0.2, 0.25) is 0 Å². The fourth-order valence-electron chi connectivity index (χ4n) is 2.84. The predicted octanol–water partition coefficient (Wildman–Crippen LogP) is 4.61. The molecular formula is C19H20F2N2. The summed E-state index contributed by atoms with van der Waals surface area (Å²) >= 11 is 0. The van der Waals surface area contributed by atoms with Gasteiger partial charge in [0.1, 0.15) is 11.6 Å². The lowest BCUT2D eigenvalue weighted by molar-refractivity contribution is 0.358. The van der Waals surface area contributed by atoms with Gasteiger partial charge in [0, 0.05) is 29.1 Å². The SMILES string of the molecule is CCN(C)CCc1c(-c2ccc(F)cc2F)[nH]c2ccccc12. The minimum absolute atomic E-state index is 0.414. The Hall–Kier alpha value is -2.20. The van der Waals surface area contributed by atoms with Crippen molar-refractivity contribution in [2.75, 3.05) is 20.1 Å². The topological polar surface area (TPSA) is 19.0 Å². The van der Waals surface area contributed by atoms with E-state index in [0.29, 0.717) is 5.56 Å². The van der Waals surface area contributed by atoms with E-state index in [4.69, 9.17) is 0 Å². The highest BCUT2D eigenvalue weighted by Gasteiger charge is 2.16. The zero-order valence-corrected chi connectivity index (χ0v) is 13.4. The normalized spacial score (nSPS) is 11.5. The minimum atomic E-state index is -0.561. The van der Waals surface area contributed by atoms with Gasteiger partial charge in [-0.25, -0.2) is 8.78 Å². The number of halogens is 2. The molecule has 1 heterocycles. The molecule has 23 heavy (non-hydrogen) atoms. The molecule has 0 aliphatic carbocycles. The number of para-hydroxylation sites is 1. The van der Waals surface area contributed by atoms with Crippen molar-refractivity contribution in [3.8, 4) is 11.3 Å². The Balaban J connectivity index is 2.11. The van der Waals surface area contributed by atoms with Crippen LogP contribution in [0.5, 0.6) is 0 Å². The van der Waals surface area contributed by atoms with Crippen LogP contribution in [0.3, 0.4) is 0 Å². The molecule has 1 N–H and O–H groups in total. The highest BCUT2D eigenvalue weighted by Crippen LogP contribution is 2.32. The summed E-state index contributed by atoms with van der Waals surface area (Å²) < 4.78 is 27.5. The third-order valence-electron chi connectivity index (χ3n) is 4.30. The number of nitrogens with zero attached hydrogens (tertiary/aromatic N) is 1. The summed E-state index contributed by atoms with van der Waals surface area (Å²) in [6, 6.07) is 11.7. The third kappa shape index (κ3) is 3.13. The summed E-state index contributed by atoms with van der Waals surface area (Å²) in [5.41, 5.74) is 3.21.